The number of nitrogens with zero attached hydrogens (tertiary/aromatic N) is 2. The topological polar surface area (TPSA) is 60.4 Å². The van der Waals surface area contributed by atoms with Crippen LogP contribution in [0.4, 0.5) is 4.79 Å². The molecule has 6 nitrogen and oxygen atoms in total. The highest BCUT2D eigenvalue weighted by Crippen LogP contribution is 2.21. The number of carbonyl (C=O) groups excluding carboxylic acids is 1. The Hall–Kier alpha value is -1.27. The van der Waals surface area contributed by atoms with E-state index in [2.05, 4.69) is 22.4 Å². The van der Waals surface area contributed by atoms with Gasteiger partial charge in [-0.1, -0.05) is 0 Å². The van der Waals surface area contributed by atoms with Crippen LogP contribution in [0.2, 0.25) is 0 Å². The van der Waals surface area contributed by atoms with E-state index in [9.17, 15) is 4.79 Å². The van der Waals surface area contributed by atoms with Crippen LogP contribution >= 0.6 is 12.2 Å². The van der Waals surface area contributed by atoms with E-state index in [1.165, 1.54) is 0 Å². The average molecular weight is 314 g/mol. The van der Waals surface area contributed by atoms with Gasteiger partial charge in [0, 0.05) is 6.54 Å². The largest absolute Gasteiger partial charge is 0.444 e. The Labute approximate surface area is 130 Å². The van der Waals surface area contributed by atoms with E-state index in [1.54, 1.807) is 4.90 Å². The average Bonchev–Trinajstić information content (AvgIpc) is 2.39. The first kappa shape index (κ1) is 17.8. The summed E-state index contributed by atoms with van der Waals surface area (Å²) in [5.41, 5.74) is 1.12. The fourth-order valence-corrected chi connectivity index (χ4v) is 1.90. The SMILES string of the molecule is CCOOCC1=C(N=C=S)CN(C(=O)OC(C)(C)C)CC1. The van der Waals surface area contributed by atoms with Crippen molar-refractivity contribution in [2.24, 2.45) is 4.99 Å². The Morgan fingerprint density at radius 1 is 1.43 bits per heavy atom. The van der Waals surface area contributed by atoms with Gasteiger partial charge in [-0.25, -0.2) is 14.6 Å². The number of carbonyl (C=O) groups is 1. The molecule has 0 aromatic carbocycles. The van der Waals surface area contributed by atoms with Crippen molar-refractivity contribution in [3.63, 3.8) is 0 Å². The molecule has 0 unspecified atom stereocenters. The molecular weight excluding hydrogens is 292 g/mol. The fraction of sp³-hybridized carbons (Fsp3) is 0.714. The van der Waals surface area contributed by atoms with Crippen LogP contribution in [0, 0.1) is 0 Å². The summed E-state index contributed by atoms with van der Waals surface area (Å²) in [5, 5.41) is 2.34. The zero-order valence-corrected chi connectivity index (χ0v) is 13.8. The first-order valence-electron chi connectivity index (χ1n) is 6.88. The van der Waals surface area contributed by atoms with Gasteiger partial charge in [-0.05, 0) is 51.9 Å². The molecule has 118 valence electrons. The third kappa shape index (κ3) is 6.35. The summed E-state index contributed by atoms with van der Waals surface area (Å²) in [4.78, 5) is 27.6. The molecule has 7 heteroatoms. The molecule has 0 N–H and O–H groups in total. The summed E-state index contributed by atoms with van der Waals surface area (Å²) >= 11 is 4.66. The highest BCUT2D eigenvalue weighted by molar-refractivity contribution is 7.78. The Kier molecular flexibility index (Phi) is 6.98. The molecule has 0 saturated carbocycles. The molecule has 0 fully saturated rings. The first-order valence-corrected chi connectivity index (χ1v) is 7.29. The second-order valence-corrected chi connectivity index (χ2v) is 5.76. The zero-order chi connectivity index (χ0) is 15.9. The van der Waals surface area contributed by atoms with Crippen molar-refractivity contribution in [1.82, 2.24) is 4.90 Å². The summed E-state index contributed by atoms with van der Waals surface area (Å²) in [5.74, 6) is 0. The number of isothiocyanates is 1. The molecule has 0 spiro atoms. The lowest BCUT2D eigenvalue weighted by Crippen LogP contribution is -2.41. The minimum Gasteiger partial charge on any atom is -0.444 e. The Bertz CT molecular complexity index is 450. The molecule has 1 amide bonds. The van der Waals surface area contributed by atoms with Crippen molar-refractivity contribution in [2.75, 3.05) is 26.3 Å². The molecule has 1 aliphatic rings. The standard InChI is InChI=1S/C14H22N2O4S/c1-5-18-19-9-11-6-7-16(8-12(11)15-10-21)13(17)20-14(2,3)4/h5-9H2,1-4H3. The lowest BCUT2D eigenvalue weighted by Gasteiger charge is -2.31. The highest BCUT2D eigenvalue weighted by Gasteiger charge is 2.27. The molecule has 1 rings (SSSR count). The maximum atomic E-state index is 12.1. The van der Waals surface area contributed by atoms with Gasteiger partial charge < -0.3 is 9.64 Å². The quantitative estimate of drug-likeness (QED) is 0.257. The Morgan fingerprint density at radius 3 is 2.71 bits per heavy atom. The summed E-state index contributed by atoms with van der Waals surface area (Å²) in [6.07, 6.45) is 0.284. The molecule has 1 aliphatic heterocycles. The molecular formula is C14H22N2O4S. The van der Waals surface area contributed by atoms with Crippen LogP contribution in [0.5, 0.6) is 0 Å². The van der Waals surface area contributed by atoms with Crippen LogP contribution in [-0.2, 0) is 14.5 Å². The number of thiocarbonyl (C=S) groups is 1. The molecule has 0 aromatic rings. The number of ether oxygens (including phenoxy) is 1. The summed E-state index contributed by atoms with van der Waals surface area (Å²) in [7, 11) is 0. The van der Waals surface area contributed by atoms with Gasteiger partial charge in [0.1, 0.15) is 12.2 Å². The number of hydrogen-bond acceptors (Lipinski definition) is 6. The van der Waals surface area contributed by atoms with E-state index in [0.717, 1.165) is 5.57 Å². The van der Waals surface area contributed by atoms with Gasteiger partial charge in [0.25, 0.3) is 0 Å². The Balaban J connectivity index is 2.73. The maximum absolute atomic E-state index is 12.1. The number of rotatable bonds is 5. The minimum absolute atomic E-state index is 0.311. The van der Waals surface area contributed by atoms with Gasteiger partial charge in [0.15, 0.2) is 0 Å². The van der Waals surface area contributed by atoms with E-state index >= 15 is 0 Å². The maximum Gasteiger partial charge on any atom is 0.410 e. The van der Waals surface area contributed by atoms with Crippen molar-refractivity contribution < 1.29 is 19.3 Å². The van der Waals surface area contributed by atoms with E-state index in [1.807, 2.05) is 27.7 Å². The molecule has 21 heavy (non-hydrogen) atoms. The van der Waals surface area contributed by atoms with Crippen LogP contribution in [0.3, 0.4) is 0 Å². The third-order valence-corrected chi connectivity index (χ3v) is 2.79. The molecule has 0 saturated heterocycles. The van der Waals surface area contributed by atoms with Gasteiger partial charge in [0.05, 0.1) is 24.0 Å². The molecule has 0 aliphatic carbocycles. The monoisotopic (exact) mass is 314 g/mol. The molecule has 0 atom stereocenters. The minimum atomic E-state index is -0.521. The van der Waals surface area contributed by atoms with Gasteiger partial charge in [0.2, 0.25) is 0 Å². The lowest BCUT2D eigenvalue weighted by molar-refractivity contribution is -0.285. The smallest absolute Gasteiger partial charge is 0.410 e. The number of amides is 1. The van der Waals surface area contributed by atoms with Crippen molar-refractivity contribution in [3.8, 4) is 0 Å². The second-order valence-electron chi connectivity index (χ2n) is 5.57. The van der Waals surface area contributed by atoms with Crippen LogP contribution in [-0.4, -0.2) is 48.1 Å². The first-order chi connectivity index (χ1) is 9.87. The molecule has 1 heterocycles. The van der Waals surface area contributed by atoms with E-state index < -0.39 is 5.60 Å². The predicted octanol–water partition coefficient (Wildman–Crippen LogP) is 2.95. The normalized spacial score (nSPS) is 15.7. The fourth-order valence-electron chi connectivity index (χ4n) is 1.79. The second kappa shape index (κ2) is 8.24. The predicted molar refractivity (Wildman–Crippen MR) is 82.1 cm³/mol. The molecule has 0 bridgehead atoms. The number of aliphatic imine (C=N–C) groups is 1. The van der Waals surface area contributed by atoms with E-state index in [4.69, 9.17) is 14.5 Å². The van der Waals surface area contributed by atoms with Crippen molar-refractivity contribution in [3.05, 3.63) is 11.3 Å². The number of hydrogen-bond donors (Lipinski definition) is 0. The lowest BCUT2D eigenvalue weighted by atomic mass is 10.1. The van der Waals surface area contributed by atoms with Crippen LogP contribution in [0.1, 0.15) is 34.1 Å². The molecule has 0 aromatic heterocycles. The highest BCUT2D eigenvalue weighted by atomic mass is 32.1. The van der Waals surface area contributed by atoms with Gasteiger partial charge in [-0.3, -0.25) is 0 Å². The van der Waals surface area contributed by atoms with Crippen LogP contribution < -0.4 is 0 Å². The van der Waals surface area contributed by atoms with Crippen LogP contribution in [0.15, 0.2) is 16.3 Å². The van der Waals surface area contributed by atoms with Crippen molar-refractivity contribution in [2.45, 2.75) is 39.7 Å². The Morgan fingerprint density at radius 2 is 2.14 bits per heavy atom. The van der Waals surface area contributed by atoms with E-state index in [-0.39, 0.29) is 6.09 Å². The van der Waals surface area contributed by atoms with Crippen LogP contribution in [0.25, 0.3) is 0 Å². The summed E-state index contributed by atoms with van der Waals surface area (Å²) in [6, 6.07) is 0. The summed E-state index contributed by atoms with van der Waals surface area (Å²) in [6.45, 7) is 9.02. The van der Waals surface area contributed by atoms with Crippen molar-refractivity contribution in [1.29, 1.82) is 0 Å². The molecule has 0 radical (unpaired) electrons. The third-order valence-electron chi connectivity index (χ3n) is 2.70. The van der Waals surface area contributed by atoms with Gasteiger partial charge in [-0.15, -0.1) is 0 Å². The van der Waals surface area contributed by atoms with E-state index in [0.29, 0.717) is 38.4 Å². The summed E-state index contributed by atoms with van der Waals surface area (Å²) < 4.78 is 5.36. The van der Waals surface area contributed by atoms with Gasteiger partial charge >= 0.3 is 6.09 Å². The zero-order valence-electron chi connectivity index (χ0n) is 13.0. The van der Waals surface area contributed by atoms with Crippen molar-refractivity contribution >= 4 is 23.5 Å². The van der Waals surface area contributed by atoms with Gasteiger partial charge in [-0.2, -0.15) is 4.99 Å².